The zero-order valence-corrected chi connectivity index (χ0v) is 11.9. The minimum atomic E-state index is -0.582. The van der Waals surface area contributed by atoms with Crippen molar-refractivity contribution >= 4 is 12.2 Å². The molecule has 0 N–H and O–H groups in total. The number of methoxy groups -OCH3 is 2. The van der Waals surface area contributed by atoms with E-state index in [0.29, 0.717) is 17.1 Å². The van der Waals surface area contributed by atoms with Gasteiger partial charge in [-0.15, -0.1) is 0 Å². The SMILES string of the molecule is COc1ccc(/C=N/OC(=O)C(C)(C)C)c(OC)c1. The Hall–Kier alpha value is -2.04. The van der Waals surface area contributed by atoms with Crippen LogP contribution in [-0.2, 0) is 9.63 Å². The second kappa shape index (κ2) is 6.22. The van der Waals surface area contributed by atoms with E-state index < -0.39 is 11.4 Å². The molecule has 0 saturated carbocycles. The first-order valence-electron chi connectivity index (χ1n) is 5.85. The van der Waals surface area contributed by atoms with Crippen LogP contribution in [-0.4, -0.2) is 26.4 Å². The van der Waals surface area contributed by atoms with Gasteiger partial charge in [0.1, 0.15) is 11.5 Å². The maximum atomic E-state index is 11.5. The van der Waals surface area contributed by atoms with E-state index in [1.54, 1.807) is 53.2 Å². The van der Waals surface area contributed by atoms with Gasteiger partial charge in [-0.05, 0) is 32.9 Å². The molecule has 0 heterocycles. The molecule has 0 aliphatic carbocycles. The van der Waals surface area contributed by atoms with Crippen LogP contribution in [0.15, 0.2) is 23.4 Å². The summed E-state index contributed by atoms with van der Waals surface area (Å²) in [5.74, 6) is 0.881. The Morgan fingerprint density at radius 3 is 2.42 bits per heavy atom. The van der Waals surface area contributed by atoms with Crippen molar-refractivity contribution in [2.45, 2.75) is 20.8 Å². The average Bonchev–Trinajstić information content (AvgIpc) is 2.37. The van der Waals surface area contributed by atoms with E-state index in [2.05, 4.69) is 5.16 Å². The molecule has 0 unspecified atom stereocenters. The first kappa shape index (κ1) is 15.0. The Morgan fingerprint density at radius 1 is 1.21 bits per heavy atom. The maximum Gasteiger partial charge on any atom is 0.340 e. The summed E-state index contributed by atoms with van der Waals surface area (Å²) < 4.78 is 10.3. The van der Waals surface area contributed by atoms with Crippen molar-refractivity contribution in [3.8, 4) is 11.5 Å². The highest BCUT2D eigenvalue weighted by Crippen LogP contribution is 2.23. The van der Waals surface area contributed by atoms with Crippen LogP contribution in [0.1, 0.15) is 26.3 Å². The Kier molecular flexibility index (Phi) is 4.92. The topological polar surface area (TPSA) is 57.1 Å². The summed E-state index contributed by atoms with van der Waals surface area (Å²) in [6, 6.07) is 5.27. The molecule has 0 bridgehead atoms. The van der Waals surface area contributed by atoms with Gasteiger partial charge in [0.05, 0.1) is 25.8 Å². The molecule has 1 aromatic carbocycles. The molecule has 0 atom stereocenters. The first-order valence-corrected chi connectivity index (χ1v) is 5.85. The fourth-order valence-corrected chi connectivity index (χ4v) is 1.19. The molecule has 0 fully saturated rings. The van der Waals surface area contributed by atoms with Crippen molar-refractivity contribution in [3.05, 3.63) is 23.8 Å². The number of oxime groups is 1. The van der Waals surface area contributed by atoms with Gasteiger partial charge in [-0.3, -0.25) is 0 Å². The molecular formula is C14H19NO4. The molecule has 0 radical (unpaired) electrons. The minimum absolute atomic E-state index is 0.392. The fourth-order valence-electron chi connectivity index (χ4n) is 1.19. The summed E-state index contributed by atoms with van der Waals surface area (Å²) in [6.07, 6.45) is 1.43. The average molecular weight is 265 g/mol. The minimum Gasteiger partial charge on any atom is -0.497 e. The molecular weight excluding hydrogens is 246 g/mol. The number of carbonyl (C=O) groups excluding carboxylic acids is 1. The number of ether oxygens (including phenoxy) is 2. The summed E-state index contributed by atoms with van der Waals surface area (Å²) in [6.45, 7) is 5.29. The van der Waals surface area contributed by atoms with E-state index in [9.17, 15) is 4.79 Å². The highest BCUT2D eigenvalue weighted by Gasteiger charge is 2.23. The number of nitrogens with zero attached hydrogens (tertiary/aromatic N) is 1. The van der Waals surface area contributed by atoms with Gasteiger partial charge in [0.15, 0.2) is 0 Å². The van der Waals surface area contributed by atoms with Gasteiger partial charge in [0.2, 0.25) is 0 Å². The normalized spacial score (nSPS) is 11.4. The molecule has 0 aromatic heterocycles. The van der Waals surface area contributed by atoms with E-state index >= 15 is 0 Å². The van der Waals surface area contributed by atoms with Crippen LogP contribution < -0.4 is 9.47 Å². The summed E-state index contributed by atoms with van der Waals surface area (Å²) in [5.41, 5.74) is 0.117. The Labute approximate surface area is 113 Å². The number of hydrogen-bond donors (Lipinski definition) is 0. The van der Waals surface area contributed by atoms with Crippen LogP contribution in [0, 0.1) is 5.41 Å². The van der Waals surface area contributed by atoms with Crippen molar-refractivity contribution in [3.63, 3.8) is 0 Å². The van der Waals surface area contributed by atoms with Crippen LogP contribution >= 0.6 is 0 Å². The van der Waals surface area contributed by atoms with Gasteiger partial charge in [-0.2, -0.15) is 0 Å². The predicted molar refractivity (Wildman–Crippen MR) is 72.7 cm³/mol. The van der Waals surface area contributed by atoms with Crippen molar-refractivity contribution in [1.29, 1.82) is 0 Å². The molecule has 0 amide bonds. The van der Waals surface area contributed by atoms with E-state index in [0.717, 1.165) is 0 Å². The molecule has 5 heteroatoms. The molecule has 0 aliphatic heterocycles. The summed E-state index contributed by atoms with van der Waals surface area (Å²) in [7, 11) is 3.13. The zero-order chi connectivity index (χ0) is 14.5. The standard InChI is InChI=1S/C14H19NO4/c1-14(2,3)13(16)19-15-9-10-6-7-11(17-4)8-12(10)18-5/h6-9H,1-5H3/b15-9+. The first-order chi connectivity index (χ1) is 8.88. The summed E-state index contributed by atoms with van der Waals surface area (Å²) >= 11 is 0. The van der Waals surface area contributed by atoms with Crippen molar-refractivity contribution in [2.24, 2.45) is 10.6 Å². The quantitative estimate of drug-likeness (QED) is 0.477. The second-order valence-electron chi connectivity index (χ2n) is 4.97. The third-order valence-electron chi connectivity index (χ3n) is 2.38. The fraction of sp³-hybridized carbons (Fsp3) is 0.429. The molecule has 5 nitrogen and oxygen atoms in total. The number of carbonyl (C=O) groups is 1. The lowest BCUT2D eigenvalue weighted by Gasteiger charge is -2.12. The largest absolute Gasteiger partial charge is 0.497 e. The van der Waals surface area contributed by atoms with E-state index in [1.165, 1.54) is 6.21 Å². The highest BCUT2D eigenvalue weighted by molar-refractivity contribution is 5.84. The van der Waals surface area contributed by atoms with E-state index in [4.69, 9.17) is 14.3 Å². The molecule has 0 spiro atoms. The maximum absolute atomic E-state index is 11.5. The van der Waals surface area contributed by atoms with Gasteiger partial charge in [-0.25, -0.2) is 4.79 Å². The second-order valence-corrected chi connectivity index (χ2v) is 4.97. The molecule has 1 rings (SSSR count). The monoisotopic (exact) mass is 265 g/mol. The van der Waals surface area contributed by atoms with Crippen LogP contribution in [0.2, 0.25) is 0 Å². The third kappa shape index (κ3) is 4.28. The number of rotatable bonds is 4. The molecule has 19 heavy (non-hydrogen) atoms. The van der Waals surface area contributed by atoms with Crippen molar-refractivity contribution in [1.82, 2.24) is 0 Å². The molecule has 1 aromatic rings. The highest BCUT2D eigenvalue weighted by atomic mass is 16.7. The lowest BCUT2D eigenvalue weighted by atomic mass is 9.98. The number of benzene rings is 1. The van der Waals surface area contributed by atoms with E-state index in [1.807, 2.05) is 0 Å². The molecule has 104 valence electrons. The van der Waals surface area contributed by atoms with E-state index in [-0.39, 0.29) is 0 Å². The van der Waals surface area contributed by atoms with Crippen LogP contribution in [0.25, 0.3) is 0 Å². The summed E-state index contributed by atoms with van der Waals surface area (Å²) in [5, 5.41) is 3.68. The lowest BCUT2D eigenvalue weighted by molar-refractivity contribution is -0.152. The Bertz CT molecular complexity index is 475. The van der Waals surface area contributed by atoms with Gasteiger partial charge in [0.25, 0.3) is 0 Å². The van der Waals surface area contributed by atoms with Gasteiger partial charge in [0, 0.05) is 11.6 Å². The van der Waals surface area contributed by atoms with Gasteiger partial charge >= 0.3 is 5.97 Å². The Morgan fingerprint density at radius 2 is 1.89 bits per heavy atom. The summed E-state index contributed by atoms with van der Waals surface area (Å²) in [4.78, 5) is 16.3. The van der Waals surface area contributed by atoms with Gasteiger partial charge < -0.3 is 14.3 Å². The smallest absolute Gasteiger partial charge is 0.340 e. The molecule has 0 aliphatic rings. The third-order valence-corrected chi connectivity index (χ3v) is 2.38. The van der Waals surface area contributed by atoms with Crippen molar-refractivity contribution < 1.29 is 19.1 Å². The van der Waals surface area contributed by atoms with Crippen LogP contribution in [0.5, 0.6) is 11.5 Å². The lowest BCUT2D eigenvalue weighted by Crippen LogP contribution is -2.21. The number of hydrogen-bond acceptors (Lipinski definition) is 5. The van der Waals surface area contributed by atoms with Crippen LogP contribution in [0.3, 0.4) is 0 Å². The molecule has 0 saturated heterocycles. The predicted octanol–water partition coefficient (Wildman–Crippen LogP) is 2.63. The zero-order valence-electron chi connectivity index (χ0n) is 11.9. The van der Waals surface area contributed by atoms with Crippen LogP contribution in [0.4, 0.5) is 0 Å². The Balaban J connectivity index is 2.79. The van der Waals surface area contributed by atoms with Gasteiger partial charge in [-0.1, -0.05) is 5.16 Å². The van der Waals surface area contributed by atoms with Crippen molar-refractivity contribution in [2.75, 3.05) is 14.2 Å².